The van der Waals surface area contributed by atoms with Crippen LogP contribution in [-0.2, 0) is 4.65 Å². The molecule has 0 aliphatic rings. The summed E-state index contributed by atoms with van der Waals surface area (Å²) in [5.41, 5.74) is 0.482. The molecule has 0 unspecified atom stereocenters. The fourth-order valence-corrected chi connectivity index (χ4v) is 3.02. The highest BCUT2D eigenvalue weighted by Gasteiger charge is 2.35. The third kappa shape index (κ3) is 3.23. The summed E-state index contributed by atoms with van der Waals surface area (Å²) in [5.74, 6) is 0. The molecule has 3 nitrogen and oxygen atoms in total. The van der Waals surface area contributed by atoms with Gasteiger partial charge < -0.3 is 14.3 Å². The van der Waals surface area contributed by atoms with E-state index < -0.39 is 17.2 Å². The lowest BCUT2D eigenvalue weighted by atomic mass is 9.82. The van der Waals surface area contributed by atoms with E-state index in [0.717, 1.165) is 21.8 Å². The Morgan fingerprint density at radius 1 is 0.929 bits per heavy atom. The number of hydrogen-bond acceptors (Lipinski definition) is 2. The summed E-state index contributed by atoms with van der Waals surface area (Å²) in [6, 6.07) is 11.5. The quantitative estimate of drug-likeness (QED) is 0.518. The Labute approximate surface area is 173 Å². The summed E-state index contributed by atoms with van der Waals surface area (Å²) in [7, 11) is 1.61. The van der Waals surface area contributed by atoms with E-state index in [1.165, 1.54) is 0 Å². The molecule has 0 saturated carbocycles. The minimum Gasteiger partial charge on any atom is -0.427 e. The molecule has 0 fully saturated rings. The Bertz CT molecular complexity index is 1360. The van der Waals surface area contributed by atoms with Crippen LogP contribution in [0, 0.1) is 0 Å². The smallest absolute Gasteiger partial charge is 0.330 e. The first-order chi connectivity index (χ1) is 15.3. The number of benzene rings is 3. The largest absolute Gasteiger partial charge is 0.427 e. The standard InChI is InChI=1S/C24H25BNO2/c1-23(2,27)24(3,4)28-25-17-14-15-22-20(16-17)19-12-8-9-13-21(19)26(22)18-10-6-5-7-11-18/h5-16,27H,1-4H3/i5D,6D,7D,10D,11D. The van der Waals surface area contributed by atoms with Gasteiger partial charge in [0.05, 0.1) is 29.1 Å². The molecular weight excluding hydrogens is 345 g/mol. The van der Waals surface area contributed by atoms with Gasteiger partial charge in [-0.2, -0.15) is 0 Å². The Morgan fingerprint density at radius 3 is 2.32 bits per heavy atom. The van der Waals surface area contributed by atoms with Crippen LogP contribution in [0.5, 0.6) is 0 Å². The topological polar surface area (TPSA) is 34.4 Å². The van der Waals surface area contributed by atoms with Crippen LogP contribution in [-0.4, -0.2) is 28.4 Å². The van der Waals surface area contributed by atoms with Gasteiger partial charge in [0, 0.05) is 16.5 Å². The number of aromatic nitrogens is 1. The number of para-hydroxylation sites is 2. The maximum atomic E-state index is 10.4. The first-order valence-electron chi connectivity index (χ1n) is 11.7. The molecule has 0 bridgehead atoms. The SMILES string of the molecule is [2H]c1c([2H])c([2H])c(-n2c3ccccc3c3cc([B]OC(C)(C)C(C)(C)O)ccc32)c([2H])c1[2H]. The van der Waals surface area contributed by atoms with Crippen molar-refractivity contribution in [3.8, 4) is 5.69 Å². The van der Waals surface area contributed by atoms with Gasteiger partial charge in [-0.3, -0.25) is 0 Å². The maximum Gasteiger partial charge on any atom is 0.330 e. The second kappa shape index (κ2) is 6.80. The van der Waals surface area contributed by atoms with E-state index in [2.05, 4.69) is 0 Å². The van der Waals surface area contributed by atoms with Crippen LogP contribution in [0.25, 0.3) is 27.5 Å². The van der Waals surface area contributed by atoms with Crippen LogP contribution in [0.3, 0.4) is 0 Å². The zero-order valence-corrected chi connectivity index (χ0v) is 16.4. The molecule has 1 aromatic heterocycles. The number of hydrogen-bond donors (Lipinski definition) is 1. The molecule has 3 aromatic carbocycles. The van der Waals surface area contributed by atoms with Crippen molar-refractivity contribution < 1.29 is 16.6 Å². The molecule has 4 aromatic rings. The van der Waals surface area contributed by atoms with Gasteiger partial charge in [-0.05, 0) is 51.9 Å². The minimum atomic E-state index is -1.05. The van der Waals surface area contributed by atoms with Crippen molar-refractivity contribution in [2.45, 2.75) is 38.9 Å². The molecule has 1 N–H and O–H groups in total. The molecule has 1 radical (unpaired) electrons. The number of fused-ring (bicyclic) bond motifs is 3. The van der Waals surface area contributed by atoms with Crippen molar-refractivity contribution in [2.75, 3.05) is 0 Å². The molecule has 4 rings (SSSR count). The predicted octanol–water partition coefficient (Wildman–Crippen LogP) is 4.59. The van der Waals surface area contributed by atoms with Gasteiger partial charge in [0.2, 0.25) is 0 Å². The van der Waals surface area contributed by atoms with E-state index in [4.69, 9.17) is 11.5 Å². The summed E-state index contributed by atoms with van der Waals surface area (Å²) in [6.07, 6.45) is 0. The average molecular weight is 375 g/mol. The molecule has 1 heterocycles. The number of aliphatic hydroxyl groups is 1. The second-order valence-electron chi connectivity index (χ2n) is 7.91. The van der Waals surface area contributed by atoms with Crippen LogP contribution in [0.1, 0.15) is 34.5 Å². The highest BCUT2D eigenvalue weighted by Crippen LogP contribution is 2.31. The molecule has 0 aliphatic carbocycles. The molecule has 0 amide bonds. The second-order valence-corrected chi connectivity index (χ2v) is 7.91. The molecule has 141 valence electrons. The van der Waals surface area contributed by atoms with Crippen LogP contribution in [0.15, 0.2) is 72.7 Å². The minimum absolute atomic E-state index is 0.114. The zero-order chi connectivity index (χ0) is 24.3. The molecule has 28 heavy (non-hydrogen) atoms. The number of rotatable bonds is 5. The Morgan fingerprint density at radius 2 is 1.61 bits per heavy atom. The van der Waals surface area contributed by atoms with Gasteiger partial charge in [-0.1, -0.05) is 53.9 Å². The van der Waals surface area contributed by atoms with Crippen molar-refractivity contribution in [3.05, 3.63) is 72.7 Å². The van der Waals surface area contributed by atoms with Crippen molar-refractivity contribution in [3.63, 3.8) is 0 Å². The van der Waals surface area contributed by atoms with Crippen molar-refractivity contribution >= 4 is 34.8 Å². The highest BCUT2D eigenvalue weighted by atomic mass is 16.5. The van der Waals surface area contributed by atoms with E-state index in [1.807, 2.05) is 56.3 Å². The molecule has 0 atom stereocenters. The Balaban J connectivity index is 1.92. The maximum absolute atomic E-state index is 10.4. The average Bonchev–Trinajstić information content (AvgIpc) is 3.08. The summed E-state index contributed by atoms with van der Waals surface area (Å²) in [4.78, 5) is 0. The highest BCUT2D eigenvalue weighted by molar-refractivity contribution is 6.47. The Kier molecular flexibility index (Phi) is 3.30. The van der Waals surface area contributed by atoms with Gasteiger partial charge >= 0.3 is 7.48 Å². The van der Waals surface area contributed by atoms with Crippen molar-refractivity contribution in [1.29, 1.82) is 0 Å². The van der Waals surface area contributed by atoms with Crippen LogP contribution in [0.2, 0.25) is 0 Å². The Hall–Kier alpha value is -2.56. The van der Waals surface area contributed by atoms with Crippen LogP contribution < -0.4 is 5.46 Å². The molecule has 0 saturated heterocycles. The van der Waals surface area contributed by atoms with Gasteiger partial charge in [0.1, 0.15) is 0 Å². The van der Waals surface area contributed by atoms with Crippen LogP contribution >= 0.6 is 0 Å². The molecule has 0 aliphatic heterocycles. The molecule has 4 heteroatoms. The van der Waals surface area contributed by atoms with Gasteiger partial charge in [0.15, 0.2) is 0 Å². The lowest BCUT2D eigenvalue weighted by molar-refractivity contribution is -0.0893. The lowest BCUT2D eigenvalue weighted by Gasteiger charge is -2.37. The monoisotopic (exact) mass is 375 g/mol. The first kappa shape index (κ1) is 13.6. The molecule has 0 spiro atoms. The van der Waals surface area contributed by atoms with E-state index in [0.29, 0.717) is 5.52 Å². The molecular formula is C24H25BNO2. The van der Waals surface area contributed by atoms with E-state index >= 15 is 0 Å². The third-order valence-electron chi connectivity index (χ3n) is 5.37. The first-order valence-corrected chi connectivity index (χ1v) is 9.19. The summed E-state index contributed by atoms with van der Waals surface area (Å²) < 4.78 is 48.6. The van der Waals surface area contributed by atoms with Crippen LogP contribution in [0.4, 0.5) is 0 Å². The number of nitrogens with zero attached hydrogens (tertiary/aromatic N) is 1. The normalized spacial score (nSPS) is 15.1. The lowest BCUT2D eigenvalue weighted by Crippen LogP contribution is -2.49. The fourth-order valence-electron chi connectivity index (χ4n) is 3.02. The van der Waals surface area contributed by atoms with E-state index in [-0.39, 0.29) is 29.9 Å². The predicted molar refractivity (Wildman–Crippen MR) is 118 cm³/mol. The van der Waals surface area contributed by atoms with Gasteiger partial charge in [0.25, 0.3) is 0 Å². The van der Waals surface area contributed by atoms with Crippen molar-refractivity contribution in [2.24, 2.45) is 0 Å². The van der Waals surface area contributed by atoms with Crippen molar-refractivity contribution in [1.82, 2.24) is 4.57 Å². The van der Waals surface area contributed by atoms with Gasteiger partial charge in [-0.25, -0.2) is 0 Å². The fraction of sp³-hybridized carbons (Fsp3) is 0.250. The van der Waals surface area contributed by atoms with Gasteiger partial charge in [-0.15, -0.1) is 0 Å². The third-order valence-corrected chi connectivity index (χ3v) is 5.37. The van der Waals surface area contributed by atoms with E-state index in [9.17, 15) is 5.11 Å². The summed E-state index contributed by atoms with van der Waals surface area (Å²) in [6.45, 7) is 7.01. The summed E-state index contributed by atoms with van der Waals surface area (Å²) in [5, 5.41) is 12.1. The van der Waals surface area contributed by atoms with E-state index in [1.54, 1.807) is 25.9 Å². The zero-order valence-electron chi connectivity index (χ0n) is 21.4. The summed E-state index contributed by atoms with van der Waals surface area (Å²) >= 11 is 0.